The van der Waals surface area contributed by atoms with Gasteiger partial charge in [0.25, 0.3) is 0 Å². The molecule has 0 spiro atoms. The summed E-state index contributed by atoms with van der Waals surface area (Å²) in [5, 5.41) is 0. The maximum absolute atomic E-state index is 13.5. The summed E-state index contributed by atoms with van der Waals surface area (Å²) >= 11 is 5.93. The first kappa shape index (κ1) is 13.8. The number of fused-ring (bicyclic) bond motifs is 1. The number of nitrogens with zero attached hydrogens (tertiary/aromatic N) is 2. The summed E-state index contributed by atoms with van der Waals surface area (Å²) in [6, 6.07) is 8.39. The van der Waals surface area contributed by atoms with Gasteiger partial charge in [0.15, 0.2) is 0 Å². The molecule has 0 saturated carbocycles. The summed E-state index contributed by atoms with van der Waals surface area (Å²) in [7, 11) is 1.44. The maximum Gasteiger partial charge on any atom is 0.145 e. The highest BCUT2D eigenvalue weighted by Crippen LogP contribution is 2.30. The Labute approximate surface area is 124 Å². The van der Waals surface area contributed by atoms with Crippen LogP contribution in [0.1, 0.15) is 5.82 Å². The largest absolute Gasteiger partial charge is 0.494 e. The number of ether oxygens (including phenoxy) is 1. The molecule has 0 amide bonds. The van der Waals surface area contributed by atoms with E-state index in [0.29, 0.717) is 28.3 Å². The lowest BCUT2D eigenvalue weighted by Gasteiger charge is -2.12. The molecule has 0 radical (unpaired) electrons. The van der Waals surface area contributed by atoms with Crippen molar-refractivity contribution in [1.29, 1.82) is 0 Å². The van der Waals surface area contributed by atoms with Gasteiger partial charge in [0, 0.05) is 12.1 Å². The Bertz CT molecular complexity index is 817. The van der Waals surface area contributed by atoms with Gasteiger partial charge in [-0.2, -0.15) is 0 Å². The molecule has 0 unspecified atom stereocenters. The molecule has 0 aliphatic heterocycles. The van der Waals surface area contributed by atoms with E-state index >= 15 is 0 Å². The van der Waals surface area contributed by atoms with Crippen LogP contribution in [0.3, 0.4) is 0 Å². The van der Waals surface area contributed by atoms with Crippen molar-refractivity contribution >= 4 is 22.6 Å². The van der Waals surface area contributed by atoms with E-state index in [2.05, 4.69) is 4.98 Å². The lowest BCUT2D eigenvalue weighted by molar-refractivity contribution is 0.409. The molecule has 1 heterocycles. The Balaban J connectivity index is 2.35. The van der Waals surface area contributed by atoms with Gasteiger partial charge in [0.1, 0.15) is 23.2 Å². The molecule has 0 bridgehead atoms. The fourth-order valence-electron chi connectivity index (χ4n) is 2.29. The molecule has 6 heteroatoms. The van der Waals surface area contributed by atoms with E-state index in [4.69, 9.17) is 16.3 Å². The molecule has 0 saturated heterocycles. The Morgan fingerprint density at radius 3 is 2.57 bits per heavy atom. The summed E-state index contributed by atoms with van der Waals surface area (Å²) in [4.78, 5) is 4.36. The molecule has 0 atom stereocenters. The summed E-state index contributed by atoms with van der Waals surface area (Å²) in [6.07, 6.45) is 0. The summed E-state index contributed by atoms with van der Waals surface area (Å²) in [5.41, 5.74) is 1.72. The minimum atomic E-state index is -0.418. The van der Waals surface area contributed by atoms with Gasteiger partial charge in [-0.1, -0.05) is 0 Å². The number of rotatable bonds is 3. The Morgan fingerprint density at radius 1 is 1.14 bits per heavy atom. The predicted octanol–water partition coefficient (Wildman–Crippen LogP) is 4.05. The van der Waals surface area contributed by atoms with Crippen molar-refractivity contribution in [2.75, 3.05) is 7.11 Å². The van der Waals surface area contributed by atoms with Crippen molar-refractivity contribution in [2.24, 2.45) is 0 Å². The quantitative estimate of drug-likeness (QED) is 0.683. The van der Waals surface area contributed by atoms with Gasteiger partial charge in [-0.25, -0.2) is 13.8 Å². The van der Waals surface area contributed by atoms with E-state index in [-0.39, 0.29) is 11.7 Å². The zero-order valence-electron chi connectivity index (χ0n) is 11.1. The third kappa shape index (κ3) is 2.34. The highest BCUT2D eigenvalue weighted by Gasteiger charge is 2.16. The van der Waals surface area contributed by atoms with E-state index < -0.39 is 5.82 Å². The molecule has 21 heavy (non-hydrogen) atoms. The van der Waals surface area contributed by atoms with E-state index in [1.165, 1.54) is 31.4 Å². The lowest BCUT2D eigenvalue weighted by atomic mass is 10.2. The summed E-state index contributed by atoms with van der Waals surface area (Å²) < 4.78 is 33.7. The number of hydrogen-bond acceptors (Lipinski definition) is 2. The van der Waals surface area contributed by atoms with Crippen molar-refractivity contribution in [2.45, 2.75) is 5.88 Å². The van der Waals surface area contributed by atoms with Gasteiger partial charge in [0.2, 0.25) is 0 Å². The molecule has 3 rings (SSSR count). The van der Waals surface area contributed by atoms with Crippen LogP contribution in [0.25, 0.3) is 16.7 Å². The topological polar surface area (TPSA) is 27.1 Å². The number of hydrogen-bond donors (Lipinski definition) is 0. The van der Waals surface area contributed by atoms with Crippen LogP contribution in [-0.4, -0.2) is 16.7 Å². The van der Waals surface area contributed by atoms with Crippen LogP contribution in [-0.2, 0) is 5.88 Å². The van der Waals surface area contributed by atoms with Crippen LogP contribution in [0.5, 0.6) is 5.75 Å². The van der Waals surface area contributed by atoms with E-state index in [1.54, 1.807) is 16.7 Å². The summed E-state index contributed by atoms with van der Waals surface area (Å²) in [5.74, 6) is 0.188. The molecule has 0 N–H and O–H groups in total. The van der Waals surface area contributed by atoms with Gasteiger partial charge in [0.05, 0.1) is 29.7 Å². The second-order valence-corrected chi connectivity index (χ2v) is 4.71. The average Bonchev–Trinajstić information content (AvgIpc) is 2.84. The van der Waals surface area contributed by atoms with E-state index in [1.807, 2.05) is 0 Å². The van der Waals surface area contributed by atoms with Gasteiger partial charge in [-0.3, -0.25) is 4.57 Å². The van der Waals surface area contributed by atoms with Gasteiger partial charge in [-0.15, -0.1) is 11.6 Å². The monoisotopic (exact) mass is 308 g/mol. The molecule has 1 aromatic heterocycles. The standard InChI is InChI=1S/C15H11ClF2N2O/c1-21-14-7-10(18)3-5-12(14)20-13-6-9(17)2-4-11(13)19-15(20)8-16/h2-7H,8H2,1H3. The fourth-order valence-corrected chi connectivity index (χ4v) is 2.47. The minimum Gasteiger partial charge on any atom is -0.494 e. The molecular weight excluding hydrogens is 298 g/mol. The number of methoxy groups -OCH3 is 1. The molecule has 0 fully saturated rings. The lowest BCUT2D eigenvalue weighted by Crippen LogP contribution is -2.02. The zero-order valence-corrected chi connectivity index (χ0v) is 11.9. The molecule has 108 valence electrons. The molecule has 3 nitrogen and oxygen atoms in total. The van der Waals surface area contributed by atoms with Crippen molar-refractivity contribution in [3.05, 3.63) is 53.9 Å². The Hall–Kier alpha value is -2.14. The number of alkyl halides is 1. The third-order valence-corrected chi connectivity index (χ3v) is 3.43. The minimum absolute atomic E-state index is 0.136. The smallest absolute Gasteiger partial charge is 0.145 e. The van der Waals surface area contributed by atoms with Gasteiger partial charge < -0.3 is 4.74 Å². The van der Waals surface area contributed by atoms with Gasteiger partial charge in [-0.05, 0) is 24.3 Å². The van der Waals surface area contributed by atoms with Crippen LogP contribution in [0, 0.1) is 11.6 Å². The SMILES string of the molecule is COc1cc(F)ccc1-n1c(CCl)nc2ccc(F)cc21. The molecule has 3 aromatic rings. The number of aromatic nitrogens is 2. The van der Waals surface area contributed by atoms with Crippen molar-refractivity contribution < 1.29 is 13.5 Å². The Kier molecular flexibility index (Phi) is 3.51. The van der Waals surface area contributed by atoms with Gasteiger partial charge >= 0.3 is 0 Å². The zero-order chi connectivity index (χ0) is 15.0. The first-order valence-corrected chi connectivity index (χ1v) is 6.74. The number of benzene rings is 2. The van der Waals surface area contributed by atoms with Crippen LogP contribution in [0.4, 0.5) is 8.78 Å². The highest BCUT2D eigenvalue weighted by atomic mass is 35.5. The average molecular weight is 309 g/mol. The third-order valence-electron chi connectivity index (χ3n) is 3.19. The number of imidazole rings is 1. The van der Waals surface area contributed by atoms with Crippen molar-refractivity contribution in [3.8, 4) is 11.4 Å². The van der Waals surface area contributed by atoms with Crippen LogP contribution in [0.2, 0.25) is 0 Å². The molecule has 2 aromatic carbocycles. The first-order chi connectivity index (χ1) is 10.1. The second-order valence-electron chi connectivity index (χ2n) is 4.45. The molecular formula is C15H11ClF2N2O. The van der Waals surface area contributed by atoms with Crippen molar-refractivity contribution in [3.63, 3.8) is 0 Å². The highest BCUT2D eigenvalue weighted by molar-refractivity contribution is 6.17. The van der Waals surface area contributed by atoms with Crippen LogP contribution < -0.4 is 4.74 Å². The van der Waals surface area contributed by atoms with E-state index in [0.717, 1.165) is 0 Å². The van der Waals surface area contributed by atoms with Crippen LogP contribution >= 0.6 is 11.6 Å². The van der Waals surface area contributed by atoms with E-state index in [9.17, 15) is 8.78 Å². The predicted molar refractivity (Wildman–Crippen MR) is 77.1 cm³/mol. The Morgan fingerprint density at radius 2 is 1.86 bits per heavy atom. The summed E-state index contributed by atoms with van der Waals surface area (Å²) in [6.45, 7) is 0. The second kappa shape index (κ2) is 5.33. The van der Waals surface area contributed by atoms with Crippen molar-refractivity contribution in [1.82, 2.24) is 9.55 Å². The normalized spacial score (nSPS) is 11.0. The number of halogens is 3. The first-order valence-electron chi connectivity index (χ1n) is 6.21. The maximum atomic E-state index is 13.5. The molecule has 0 aliphatic carbocycles. The molecule has 0 aliphatic rings. The fraction of sp³-hybridized carbons (Fsp3) is 0.133. The van der Waals surface area contributed by atoms with Crippen LogP contribution in [0.15, 0.2) is 36.4 Å².